The molecule has 2 heterocycles. The Balaban J connectivity index is 1.23. The number of carbonyl (C=O) groups is 1. The Hall–Kier alpha value is -0.690. The van der Waals surface area contributed by atoms with Gasteiger partial charge in [-0.05, 0) is 45.2 Å². The summed E-state index contributed by atoms with van der Waals surface area (Å²) in [6.07, 6.45) is 4.06. The van der Waals surface area contributed by atoms with Gasteiger partial charge in [0, 0.05) is 50.1 Å². The minimum atomic E-state index is -0.711. The molecule has 6 atom stereocenters. The fourth-order valence-corrected chi connectivity index (χ4v) is 5.35. The summed E-state index contributed by atoms with van der Waals surface area (Å²) in [4.78, 5) is 16.4. The van der Waals surface area contributed by atoms with Gasteiger partial charge in [0.15, 0.2) is 0 Å². The smallest absolute Gasteiger partial charge is 0.238 e. The van der Waals surface area contributed by atoms with E-state index in [-0.39, 0.29) is 17.7 Å². The first-order chi connectivity index (χ1) is 10.9. The SMILES string of the molecule is CC(CNC1CC12CCCN(C)C2)N1C[C@@H]2[C@H](C1)C2(N)C(N)=O. The minimum absolute atomic E-state index is 0.279. The van der Waals surface area contributed by atoms with Crippen LogP contribution in [0, 0.1) is 17.3 Å². The van der Waals surface area contributed by atoms with E-state index in [1.54, 1.807) is 0 Å². The molecule has 0 aromatic carbocycles. The fraction of sp³-hybridized carbons (Fsp3) is 0.941. The second-order valence-corrected chi connectivity index (χ2v) is 8.68. The van der Waals surface area contributed by atoms with Crippen molar-refractivity contribution in [3.63, 3.8) is 0 Å². The monoisotopic (exact) mass is 321 g/mol. The molecule has 4 unspecified atom stereocenters. The number of primary amides is 1. The summed E-state index contributed by atoms with van der Waals surface area (Å²) >= 11 is 0. The van der Waals surface area contributed by atoms with Crippen molar-refractivity contribution in [1.29, 1.82) is 0 Å². The van der Waals surface area contributed by atoms with E-state index in [2.05, 4.69) is 29.1 Å². The predicted molar refractivity (Wildman–Crippen MR) is 89.7 cm³/mol. The Kier molecular flexibility index (Phi) is 3.54. The van der Waals surface area contributed by atoms with E-state index in [4.69, 9.17) is 11.5 Å². The van der Waals surface area contributed by atoms with Gasteiger partial charge < -0.3 is 21.7 Å². The number of likely N-dealkylation sites (tertiary alicyclic amines) is 2. The summed E-state index contributed by atoms with van der Waals surface area (Å²) in [5.74, 6) is 0.239. The molecule has 5 N–H and O–H groups in total. The third-order valence-corrected chi connectivity index (χ3v) is 7.16. The van der Waals surface area contributed by atoms with Gasteiger partial charge in [0.2, 0.25) is 5.91 Å². The summed E-state index contributed by atoms with van der Waals surface area (Å²) < 4.78 is 0. The number of amides is 1. The molecule has 23 heavy (non-hydrogen) atoms. The lowest BCUT2D eigenvalue weighted by Gasteiger charge is -2.32. The number of piperidine rings is 2. The highest BCUT2D eigenvalue weighted by molar-refractivity contribution is 5.89. The molecular formula is C17H31N5O. The van der Waals surface area contributed by atoms with E-state index < -0.39 is 5.54 Å². The maximum absolute atomic E-state index is 11.5. The largest absolute Gasteiger partial charge is 0.368 e. The molecule has 6 nitrogen and oxygen atoms in total. The maximum Gasteiger partial charge on any atom is 0.238 e. The van der Waals surface area contributed by atoms with Gasteiger partial charge in [-0.25, -0.2) is 0 Å². The van der Waals surface area contributed by atoms with Gasteiger partial charge in [-0.15, -0.1) is 0 Å². The maximum atomic E-state index is 11.5. The zero-order valence-corrected chi connectivity index (χ0v) is 14.4. The molecule has 4 fully saturated rings. The van der Waals surface area contributed by atoms with Crippen molar-refractivity contribution in [2.24, 2.45) is 28.7 Å². The number of rotatable bonds is 5. The molecule has 2 saturated heterocycles. The molecule has 2 aliphatic carbocycles. The van der Waals surface area contributed by atoms with Crippen molar-refractivity contribution in [1.82, 2.24) is 15.1 Å². The molecule has 0 aromatic heterocycles. The van der Waals surface area contributed by atoms with Gasteiger partial charge in [-0.2, -0.15) is 0 Å². The van der Waals surface area contributed by atoms with E-state index in [0.717, 1.165) is 19.6 Å². The molecule has 130 valence electrons. The first-order valence-corrected chi connectivity index (χ1v) is 9.11. The van der Waals surface area contributed by atoms with Crippen molar-refractivity contribution in [2.45, 2.75) is 43.8 Å². The van der Waals surface area contributed by atoms with Crippen LogP contribution in [0.15, 0.2) is 0 Å². The molecule has 4 rings (SSSR count). The molecule has 4 aliphatic rings. The van der Waals surface area contributed by atoms with Crippen molar-refractivity contribution < 1.29 is 4.79 Å². The van der Waals surface area contributed by atoms with Crippen LogP contribution < -0.4 is 16.8 Å². The van der Waals surface area contributed by atoms with E-state index in [1.807, 2.05) is 0 Å². The summed E-state index contributed by atoms with van der Waals surface area (Å²) in [5, 5.41) is 3.80. The Morgan fingerprint density at radius 3 is 2.70 bits per heavy atom. The average Bonchev–Trinajstić information content (AvgIpc) is 3.22. The summed E-state index contributed by atoms with van der Waals surface area (Å²) in [6, 6.07) is 1.20. The van der Waals surface area contributed by atoms with Gasteiger partial charge in [0.05, 0.1) is 0 Å². The van der Waals surface area contributed by atoms with Crippen LogP contribution in [-0.4, -0.2) is 73.1 Å². The Labute approximate surface area is 138 Å². The zero-order valence-electron chi connectivity index (χ0n) is 14.4. The van der Waals surface area contributed by atoms with Gasteiger partial charge in [0.1, 0.15) is 5.54 Å². The normalized spacial score (nSPS) is 47.5. The van der Waals surface area contributed by atoms with Crippen molar-refractivity contribution in [2.75, 3.05) is 39.8 Å². The molecule has 2 saturated carbocycles. The molecule has 2 aliphatic heterocycles. The van der Waals surface area contributed by atoms with E-state index in [0.29, 0.717) is 17.5 Å². The summed E-state index contributed by atoms with van der Waals surface area (Å²) in [5.41, 5.74) is 11.4. The first-order valence-electron chi connectivity index (χ1n) is 9.11. The third kappa shape index (κ3) is 2.42. The van der Waals surface area contributed by atoms with Crippen LogP contribution in [0.2, 0.25) is 0 Å². The van der Waals surface area contributed by atoms with Crippen molar-refractivity contribution >= 4 is 5.91 Å². The number of hydrogen-bond donors (Lipinski definition) is 3. The lowest BCUT2D eigenvalue weighted by atomic mass is 9.94. The zero-order chi connectivity index (χ0) is 16.4. The molecule has 1 amide bonds. The number of hydrogen-bond acceptors (Lipinski definition) is 5. The number of fused-ring (bicyclic) bond motifs is 1. The lowest BCUT2D eigenvalue weighted by molar-refractivity contribution is -0.121. The average molecular weight is 321 g/mol. The fourth-order valence-electron chi connectivity index (χ4n) is 5.35. The molecule has 1 spiro atoms. The van der Waals surface area contributed by atoms with Crippen LogP contribution in [0.4, 0.5) is 0 Å². The molecular weight excluding hydrogens is 290 g/mol. The molecule has 6 heteroatoms. The lowest BCUT2D eigenvalue weighted by Crippen LogP contribution is -2.50. The number of nitrogens with zero attached hydrogens (tertiary/aromatic N) is 2. The predicted octanol–water partition coefficient (Wildman–Crippen LogP) is -0.807. The highest BCUT2D eigenvalue weighted by Crippen LogP contribution is 2.54. The van der Waals surface area contributed by atoms with Crippen LogP contribution in [-0.2, 0) is 4.79 Å². The number of carbonyl (C=O) groups excluding carboxylic acids is 1. The summed E-state index contributed by atoms with van der Waals surface area (Å²) in [6.45, 7) is 7.66. The highest BCUT2D eigenvalue weighted by atomic mass is 16.1. The first kappa shape index (κ1) is 15.8. The second-order valence-electron chi connectivity index (χ2n) is 8.68. The topological polar surface area (TPSA) is 87.6 Å². The van der Waals surface area contributed by atoms with Gasteiger partial charge in [-0.3, -0.25) is 9.69 Å². The number of nitrogens with two attached hydrogens (primary N) is 2. The van der Waals surface area contributed by atoms with Crippen LogP contribution >= 0.6 is 0 Å². The second kappa shape index (κ2) is 5.15. The van der Waals surface area contributed by atoms with Gasteiger partial charge in [0.25, 0.3) is 0 Å². The standard InChI is InChI=1S/C17H31N5O/c1-11(22-8-12-13(9-22)17(12,19)15(18)23)7-20-14-6-16(14)4-3-5-21(2)10-16/h11-14,20H,3-10,19H2,1-2H3,(H2,18,23)/t11?,12-,13+,14?,16?,17?. The number of nitrogens with one attached hydrogen (secondary N) is 1. The van der Waals surface area contributed by atoms with E-state index in [1.165, 1.54) is 32.4 Å². The third-order valence-electron chi connectivity index (χ3n) is 7.16. The Morgan fingerprint density at radius 2 is 2.09 bits per heavy atom. The van der Waals surface area contributed by atoms with Crippen molar-refractivity contribution in [3.8, 4) is 0 Å². The molecule has 0 radical (unpaired) electrons. The van der Waals surface area contributed by atoms with Crippen LogP contribution in [0.3, 0.4) is 0 Å². The quantitative estimate of drug-likeness (QED) is 0.617. The van der Waals surface area contributed by atoms with Crippen molar-refractivity contribution in [3.05, 3.63) is 0 Å². The van der Waals surface area contributed by atoms with E-state index in [9.17, 15) is 4.79 Å². The molecule has 0 bridgehead atoms. The minimum Gasteiger partial charge on any atom is -0.368 e. The van der Waals surface area contributed by atoms with Crippen LogP contribution in [0.5, 0.6) is 0 Å². The van der Waals surface area contributed by atoms with Crippen LogP contribution in [0.25, 0.3) is 0 Å². The van der Waals surface area contributed by atoms with Gasteiger partial charge in [-0.1, -0.05) is 0 Å². The van der Waals surface area contributed by atoms with Crippen LogP contribution in [0.1, 0.15) is 26.2 Å². The van der Waals surface area contributed by atoms with E-state index >= 15 is 0 Å². The highest BCUT2D eigenvalue weighted by Gasteiger charge is 2.70. The summed E-state index contributed by atoms with van der Waals surface area (Å²) in [7, 11) is 2.24. The Morgan fingerprint density at radius 1 is 1.39 bits per heavy atom. The van der Waals surface area contributed by atoms with Gasteiger partial charge >= 0.3 is 0 Å². The Bertz CT molecular complexity index is 499. The molecule has 0 aromatic rings.